The Hall–Kier alpha value is -3.51. The van der Waals surface area contributed by atoms with Crippen molar-refractivity contribution in [3.8, 4) is 22.6 Å². The van der Waals surface area contributed by atoms with Crippen molar-refractivity contribution in [1.82, 2.24) is 24.8 Å². The van der Waals surface area contributed by atoms with Gasteiger partial charge in [0.05, 0.1) is 11.4 Å². The third kappa shape index (κ3) is 3.95. The maximum Gasteiger partial charge on any atom is 0.160 e. The summed E-state index contributed by atoms with van der Waals surface area (Å²) in [4.78, 5) is 20.3. The SMILES string of the molecule is Fc1cccc(-c2ccc(CN3CCc4nc(-c5cccnc5)ncc4C3)cn2)c1. The van der Waals surface area contributed by atoms with Crippen molar-refractivity contribution in [2.24, 2.45) is 0 Å². The highest BCUT2D eigenvalue weighted by Gasteiger charge is 2.19. The van der Waals surface area contributed by atoms with Gasteiger partial charge in [0, 0.05) is 67.5 Å². The first-order chi connectivity index (χ1) is 14.7. The van der Waals surface area contributed by atoms with Crippen LogP contribution in [0.4, 0.5) is 4.39 Å². The van der Waals surface area contributed by atoms with Crippen molar-refractivity contribution < 1.29 is 4.39 Å². The van der Waals surface area contributed by atoms with Gasteiger partial charge in [-0.1, -0.05) is 18.2 Å². The summed E-state index contributed by atoms with van der Waals surface area (Å²) in [6.45, 7) is 2.55. The maximum atomic E-state index is 13.4. The highest BCUT2D eigenvalue weighted by atomic mass is 19.1. The first-order valence-electron chi connectivity index (χ1n) is 9.93. The fraction of sp³-hybridized carbons (Fsp3) is 0.167. The minimum atomic E-state index is -0.251. The molecular formula is C24H20FN5. The maximum absolute atomic E-state index is 13.4. The van der Waals surface area contributed by atoms with Gasteiger partial charge < -0.3 is 0 Å². The second-order valence-corrected chi connectivity index (χ2v) is 7.43. The fourth-order valence-electron chi connectivity index (χ4n) is 3.74. The monoisotopic (exact) mass is 397 g/mol. The zero-order chi connectivity index (χ0) is 20.3. The molecule has 0 saturated carbocycles. The van der Waals surface area contributed by atoms with Crippen LogP contribution in [0.3, 0.4) is 0 Å². The van der Waals surface area contributed by atoms with Gasteiger partial charge in [-0.2, -0.15) is 0 Å². The minimum Gasteiger partial charge on any atom is -0.294 e. The average Bonchev–Trinajstić information content (AvgIpc) is 2.80. The third-order valence-corrected chi connectivity index (χ3v) is 5.28. The highest BCUT2D eigenvalue weighted by Crippen LogP contribution is 2.23. The summed E-state index contributed by atoms with van der Waals surface area (Å²) in [6.07, 6.45) is 8.23. The van der Waals surface area contributed by atoms with Crippen LogP contribution in [-0.2, 0) is 19.5 Å². The lowest BCUT2D eigenvalue weighted by atomic mass is 10.1. The topological polar surface area (TPSA) is 54.8 Å². The molecule has 0 unspecified atom stereocenters. The van der Waals surface area contributed by atoms with Crippen molar-refractivity contribution in [1.29, 1.82) is 0 Å². The van der Waals surface area contributed by atoms with Crippen LogP contribution in [0, 0.1) is 5.82 Å². The zero-order valence-corrected chi connectivity index (χ0v) is 16.4. The van der Waals surface area contributed by atoms with Gasteiger partial charge in [0.1, 0.15) is 5.82 Å². The number of aromatic nitrogens is 4. The summed E-state index contributed by atoms with van der Waals surface area (Å²) in [5.41, 5.74) is 5.91. The quantitative estimate of drug-likeness (QED) is 0.514. The van der Waals surface area contributed by atoms with E-state index in [9.17, 15) is 4.39 Å². The molecular weight excluding hydrogens is 377 g/mol. The van der Waals surface area contributed by atoms with E-state index < -0.39 is 0 Å². The van der Waals surface area contributed by atoms with E-state index in [-0.39, 0.29) is 5.82 Å². The van der Waals surface area contributed by atoms with Gasteiger partial charge in [0.25, 0.3) is 0 Å². The molecule has 4 aromatic rings. The molecule has 5 rings (SSSR count). The molecule has 0 fully saturated rings. The Labute approximate surface area is 174 Å². The Morgan fingerprint density at radius 1 is 0.933 bits per heavy atom. The van der Waals surface area contributed by atoms with Crippen LogP contribution in [0.25, 0.3) is 22.6 Å². The molecule has 5 nitrogen and oxygen atoms in total. The predicted octanol–water partition coefficient (Wildman–Crippen LogP) is 4.30. The van der Waals surface area contributed by atoms with E-state index in [0.717, 1.165) is 60.0 Å². The van der Waals surface area contributed by atoms with Crippen LogP contribution < -0.4 is 0 Å². The summed E-state index contributed by atoms with van der Waals surface area (Å²) in [5.74, 6) is 0.478. The molecule has 30 heavy (non-hydrogen) atoms. The lowest BCUT2D eigenvalue weighted by Crippen LogP contribution is -2.31. The van der Waals surface area contributed by atoms with E-state index in [4.69, 9.17) is 4.98 Å². The largest absolute Gasteiger partial charge is 0.294 e. The van der Waals surface area contributed by atoms with Gasteiger partial charge in [-0.05, 0) is 35.9 Å². The van der Waals surface area contributed by atoms with E-state index in [1.165, 1.54) is 17.7 Å². The second kappa shape index (κ2) is 8.08. The van der Waals surface area contributed by atoms with Crippen LogP contribution in [0.1, 0.15) is 16.8 Å². The van der Waals surface area contributed by atoms with E-state index in [1.807, 2.05) is 36.7 Å². The Morgan fingerprint density at radius 3 is 2.67 bits per heavy atom. The van der Waals surface area contributed by atoms with Crippen molar-refractivity contribution in [2.75, 3.05) is 6.54 Å². The Kier molecular flexibility index (Phi) is 4.99. The summed E-state index contributed by atoms with van der Waals surface area (Å²) in [7, 11) is 0. The number of hydrogen-bond acceptors (Lipinski definition) is 5. The molecule has 3 aromatic heterocycles. The standard InChI is InChI=1S/C24H20FN5/c25-21-5-1-3-18(11-21)22-7-6-17(12-27-22)15-30-10-8-23-20(16-30)14-28-24(29-23)19-4-2-9-26-13-19/h1-7,9,11-14H,8,10,15-16H2. The smallest absolute Gasteiger partial charge is 0.160 e. The van der Waals surface area contributed by atoms with Crippen LogP contribution in [-0.4, -0.2) is 31.4 Å². The molecule has 148 valence electrons. The van der Waals surface area contributed by atoms with Gasteiger partial charge in [-0.15, -0.1) is 0 Å². The molecule has 0 radical (unpaired) electrons. The summed E-state index contributed by atoms with van der Waals surface area (Å²) in [5, 5.41) is 0. The first-order valence-corrected chi connectivity index (χ1v) is 9.93. The Bertz CT molecular complexity index is 1160. The zero-order valence-electron chi connectivity index (χ0n) is 16.4. The van der Waals surface area contributed by atoms with E-state index >= 15 is 0 Å². The predicted molar refractivity (Wildman–Crippen MR) is 113 cm³/mol. The molecule has 0 atom stereocenters. The van der Waals surface area contributed by atoms with Gasteiger partial charge in [0.2, 0.25) is 0 Å². The number of benzene rings is 1. The summed E-state index contributed by atoms with van der Waals surface area (Å²) in [6, 6.07) is 14.4. The number of rotatable bonds is 4. The Morgan fingerprint density at radius 2 is 1.87 bits per heavy atom. The molecule has 1 aromatic carbocycles. The molecule has 0 saturated heterocycles. The highest BCUT2D eigenvalue weighted by molar-refractivity contribution is 5.59. The molecule has 0 amide bonds. The molecule has 0 aliphatic carbocycles. The fourth-order valence-corrected chi connectivity index (χ4v) is 3.74. The van der Waals surface area contributed by atoms with Crippen LogP contribution in [0.5, 0.6) is 0 Å². The van der Waals surface area contributed by atoms with E-state index in [1.54, 1.807) is 18.5 Å². The van der Waals surface area contributed by atoms with Crippen LogP contribution in [0.2, 0.25) is 0 Å². The van der Waals surface area contributed by atoms with Gasteiger partial charge in [0.15, 0.2) is 5.82 Å². The van der Waals surface area contributed by atoms with Crippen molar-refractivity contribution >= 4 is 0 Å². The molecule has 0 spiro atoms. The number of nitrogens with zero attached hydrogens (tertiary/aromatic N) is 5. The van der Waals surface area contributed by atoms with Crippen molar-refractivity contribution in [2.45, 2.75) is 19.5 Å². The molecule has 0 N–H and O–H groups in total. The number of halogens is 1. The number of hydrogen-bond donors (Lipinski definition) is 0. The molecule has 0 bridgehead atoms. The van der Waals surface area contributed by atoms with E-state index in [2.05, 4.69) is 25.9 Å². The van der Waals surface area contributed by atoms with Crippen LogP contribution in [0.15, 0.2) is 73.3 Å². The third-order valence-electron chi connectivity index (χ3n) is 5.28. The molecule has 1 aliphatic heterocycles. The van der Waals surface area contributed by atoms with Gasteiger partial charge in [-0.25, -0.2) is 14.4 Å². The lowest BCUT2D eigenvalue weighted by molar-refractivity contribution is 0.242. The van der Waals surface area contributed by atoms with Crippen LogP contribution >= 0.6 is 0 Å². The minimum absolute atomic E-state index is 0.251. The van der Waals surface area contributed by atoms with Gasteiger partial charge >= 0.3 is 0 Å². The summed E-state index contributed by atoms with van der Waals surface area (Å²) < 4.78 is 13.4. The van der Waals surface area contributed by atoms with Gasteiger partial charge in [-0.3, -0.25) is 14.9 Å². The molecule has 6 heteroatoms. The van der Waals surface area contributed by atoms with Crippen molar-refractivity contribution in [3.05, 3.63) is 96.0 Å². The van der Waals surface area contributed by atoms with E-state index in [0.29, 0.717) is 0 Å². The molecule has 1 aliphatic rings. The first kappa shape index (κ1) is 18.5. The normalized spacial score (nSPS) is 13.8. The number of pyridine rings is 2. The van der Waals surface area contributed by atoms with Crippen molar-refractivity contribution in [3.63, 3.8) is 0 Å². The lowest BCUT2D eigenvalue weighted by Gasteiger charge is -2.28. The second-order valence-electron chi connectivity index (χ2n) is 7.43. The average molecular weight is 397 g/mol. The Balaban J connectivity index is 1.27. The summed E-state index contributed by atoms with van der Waals surface area (Å²) >= 11 is 0. The molecule has 4 heterocycles. The number of fused-ring (bicyclic) bond motifs is 1.